The molecule has 0 aromatic heterocycles. The predicted octanol–water partition coefficient (Wildman–Crippen LogP) is 0.507. The van der Waals surface area contributed by atoms with Crippen LogP contribution in [0.25, 0.3) is 0 Å². The summed E-state index contributed by atoms with van der Waals surface area (Å²) < 4.78 is 2.66. The molecule has 0 fully saturated rings. The molecule has 66 valence electrons. The summed E-state index contributed by atoms with van der Waals surface area (Å²) in [4.78, 5) is 10.8. The molecule has 0 bridgehead atoms. The Labute approximate surface area is 73.3 Å². The number of ketones is 1. The maximum Gasteiger partial charge on any atom is 0.147 e. The zero-order valence-electron chi connectivity index (χ0n) is 6.84. The molecule has 0 aliphatic rings. The molecule has 0 aromatic carbocycles. The Bertz CT molecular complexity index is 119. The van der Waals surface area contributed by atoms with Gasteiger partial charge in [-0.05, 0) is 26.3 Å². The normalized spacial score (nSPS) is 13.0. The molecule has 0 unspecified atom stereocenters. The SMILES string of the molecule is CC(=O)[C@H](CCCCN)NS. The molecule has 0 saturated carbocycles. The first-order valence-electron chi connectivity index (χ1n) is 3.82. The van der Waals surface area contributed by atoms with E-state index < -0.39 is 0 Å². The quantitative estimate of drug-likeness (QED) is 0.408. The van der Waals surface area contributed by atoms with Crippen molar-refractivity contribution in [2.75, 3.05) is 6.54 Å². The second-order valence-electron chi connectivity index (χ2n) is 2.58. The van der Waals surface area contributed by atoms with Crippen LogP contribution in [0, 0.1) is 0 Å². The molecule has 0 aliphatic heterocycles. The maximum absolute atomic E-state index is 10.8. The lowest BCUT2D eigenvalue weighted by Crippen LogP contribution is -2.28. The second kappa shape index (κ2) is 6.64. The second-order valence-corrected chi connectivity index (χ2v) is 2.83. The molecule has 4 heteroatoms. The highest BCUT2D eigenvalue weighted by atomic mass is 32.1. The van der Waals surface area contributed by atoms with E-state index in [1.54, 1.807) is 6.92 Å². The zero-order valence-corrected chi connectivity index (χ0v) is 7.73. The highest BCUT2D eigenvalue weighted by Gasteiger charge is 2.10. The highest BCUT2D eigenvalue weighted by Crippen LogP contribution is 2.01. The van der Waals surface area contributed by atoms with Crippen LogP contribution < -0.4 is 10.5 Å². The Morgan fingerprint density at radius 1 is 1.64 bits per heavy atom. The molecular formula is C7H16N2OS. The standard InChI is InChI=1S/C7H16N2OS/c1-6(10)7(9-11)4-2-3-5-8/h7,9,11H,2-5,8H2,1H3/t7-/m0/s1. The minimum absolute atomic E-state index is 0.107. The zero-order chi connectivity index (χ0) is 8.69. The summed E-state index contributed by atoms with van der Waals surface area (Å²) in [5.41, 5.74) is 5.31. The maximum atomic E-state index is 10.8. The van der Waals surface area contributed by atoms with Crippen LogP contribution in [0.1, 0.15) is 26.2 Å². The fourth-order valence-corrected chi connectivity index (χ4v) is 1.16. The van der Waals surface area contributed by atoms with E-state index in [2.05, 4.69) is 17.5 Å². The number of thiol groups is 1. The smallest absolute Gasteiger partial charge is 0.147 e. The van der Waals surface area contributed by atoms with Gasteiger partial charge in [0, 0.05) is 0 Å². The number of hydrogen-bond donors (Lipinski definition) is 3. The Hall–Kier alpha value is -0.0600. The van der Waals surface area contributed by atoms with Gasteiger partial charge in [0.25, 0.3) is 0 Å². The topological polar surface area (TPSA) is 55.1 Å². The molecule has 0 aliphatic carbocycles. The largest absolute Gasteiger partial charge is 0.330 e. The molecule has 0 saturated heterocycles. The van der Waals surface area contributed by atoms with Crippen LogP contribution in [0.2, 0.25) is 0 Å². The fourth-order valence-electron chi connectivity index (χ4n) is 0.852. The molecule has 0 aromatic rings. The third-order valence-electron chi connectivity index (χ3n) is 1.59. The Morgan fingerprint density at radius 3 is 2.64 bits per heavy atom. The molecule has 0 heterocycles. The van der Waals surface area contributed by atoms with Gasteiger partial charge in [0.15, 0.2) is 0 Å². The van der Waals surface area contributed by atoms with Crippen molar-refractivity contribution < 1.29 is 4.79 Å². The van der Waals surface area contributed by atoms with Gasteiger partial charge in [-0.2, -0.15) is 0 Å². The molecule has 0 amide bonds. The van der Waals surface area contributed by atoms with Gasteiger partial charge in [-0.1, -0.05) is 19.2 Å². The number of carbonyl (C=O) groups is 1. The molecular weight excluding hydrogens is 160 g/mol. The lowest BCUT2D eigenvalue weighted by molar-refractivity contribution is -0.118. The van der Waals surface area contributed by atoms with Gasteiger partial charge in [0.1, 0.15) is 5.78 Å². The molecule has 1 atom stereocenters. The number of nitrogens with two attached hydrogens (primary N) is 1. The van der Waals surface area contributed by atoms with Gasteiger partial charge in [0.2, 0.25) is 0 Å². The first kappa shape index (κ1) is 10.9. The van der Waals surface area contributed by atoms with Crippen LogP contribution in [0.4, 0.5) is 0 Å². The molecule has 11 heavy (non-hydrogen) atoms. The average molecular weight is 176 g/mol. The van der Waals surface area contributed by atoms with Crippen molar-refractivity contribution in [1.29, 1.82) is 0 Å². The van der Waals surface area contributed by atoms with Crippen molar-refractivity contribution >= 4 is 18.6 Å². The van der Waals surface area contributed by atoms with Gasteiger partial charge in [-0.25, -0.2) is 0 Å². The third-order valence-corrected chi connectivity index (χ3v) is 1.91. The highest BCUT2D eigenvalue weighted by molar-refractivity contribution is 7.78. The number of nitrogens with one attached hydrogen (secondary N) is 1. The van der Waals surface area contributed by atoms with Crippen LogP contribution in [-0.4, -0.2) is 18.4 Å². The van der Waals surface area contributed by atoms with E-state index in [0.29, 0.717) is 6.54 Å². The number of rotatable bonds is 6. The summed E-state index contributed by atoms with van der Waals surface area (Å²) in [5.74, 6) is 0.136. The van der Waals surface area contributed by atoms with E-state index >= 15 is 0 Å². The van der Waals surface area contributed by atoms with Crippen LogP contribution in [0.5, 0.6) is 0 Å². The number of unbranched alkanes of at least 4 members (excludes halogenated alkanes) is 1. The monoisotopic (exact) mass is 176 g/mol. The van der Waals surface area contributed by atoms with Crippen LogP contribution in [0.3, 0.4) is 0 Å². The lowest BCUT2D eigenvalue weighted by Gasteiger charge is -2.10. The molecule has 0 spiro atoms. The van der Waals surface area contributed by atoms with Crippen molar-refractivity contribution in [3.05, 3.63) is 0 Å². The Kier molecular flexibility index (Phi) is 6.60. The average Bonchev–Trinajstić information content (AvgIpc) is 1.97. The minimum Gasteiger partial charge on any atom is -0.330 e. The summed E-state index contributed by atoms with van der Waals surface area (Å²) in [5, 5.41) is 0. The molecule has 3 nitrogen and oxygen atoms in total. The first-order valence-corrected chi connectivity index (χ1v) is 4.27. The number of carbonyl (C=O) groups excluding carboxylic acids is 1. The van der Waals surface area contributed by atoms with Gasteiger partial charge in [-0.3, -0.25) is 9.52 Å². The van der Waals surface area contributed by atoms with Gasteiger partial charge < -0.3 is 5.73 Å². The van der Waals surface area contributed by atoms with E-state index in [1.807, 2.05) is 0 Å². The Balaban J connectivity index is 3.44. The number of Topliss-reactive ketones (excluding diaryl/α,β-unsaturated/α-hetero) is 1. The van der Waals surface area contributed by atoms with E-state index in [9.17, 15) is 4.79 Å². The van der Waals surface area contributed by atoms with Crippen LogP contribution in [-0.2, 0) is 4.79 Å². The predicted molar refractivity (Wildman–Crippen MR) is 49.5 cm³/mol. The van der Waals surface area contributed by atoms with Crippen molar-refractivity contribution in [1.82, 2.24) is 4.72 Å². The van der Waals surface area contributed by atoms with Crippen LogP contribution >= 0.6 is 12.8 Å². The van der Waals surface area contributed by atoms with Crippen molar-refractivity contribution in [2.24, 2.45) is 5.73 Å². The summed E-state index contributed by atoms with van der Waals surface area (Å²) in [6.07, 6.45) is 2.78. The molecule has 3 N–H and O–H groups in total. The lowest BCUT2D eigenvalue weighted by atomic mass is 10.1. The van der Waals surface area contributed by atoms with Gasteiger partial charge in [-0.15, -0.1) is 0 Å². The van der Waals surface area contributed by atoms with Gasteiger partial charge in [0.05, 0.1) is 6.04 Å². The van der Waals surface area contributed by atoms with E-state index in [0.717, 1.165) is 19.3 Å². The van der Waals surface area contributed by atoms with E-state index in [-0.39, 0.29) is 11.8 Å². The van der Waals surface area contributed by atoms with Gasteiger partial charge >= 0.3 is 0 Å². The van der Waals surface area contributed by atoms with Crippen LogP contribution in [0.15, 0.2) is 0 Å². The molecule has 0 rings (SSSR count). The van der Waals surface area contributed by atoms with Crippen molar-refractivity contribution in [2.45, 2.75) is 32.2 Å². The van der Waals surface area contributed by atoms with Crippen molar-refractivity contribution in [3.8, 4) is 0 Å². The third kappa shape index (κ3) is 5.24. The molecule has 0 radical (unpaired) electrons. The van der Waals surface area contributed by atoms with Crippen molar-refractivity contribution in [3.63, 3.8) is 0 Å². The summed E-state index contributed by atoms with van der Waals surface area (Å²) in [6, 6.07) is -0.107. The summed E-state index contributed by atoms with van der Waals surface area (Å²) >= 11 is 3.86. The fraction of sp³-hybridized carbons (Fsp3) is 0.857. The number of hydrogen-bond acceptors (Lipinski definition) is 4. The first-order chi connectivity index (χ1) is 5.22. The van der Waals surface area contributed by atoms with E-state index in [1.165, 1.54) is 0 Å². The minimum atomic E-state index is -0.107. The van der Waals surface area contributed by atoms with E-state index in [4.69, 9.17) is 5.73 Å². The Morgan fingerprint density at radius 2 is 2.27 bits per heavy atom. The summed E-state index contributed by atoms with van der Waals surface area (Å²) in [7, 11) is 0. The summed E-state index contributed by atoms with van der Waals surface area (Å²) in [6.45, 7) is 2.26.